The zero-order valence-corrected chi connectivity index (χ0v) is 21.7. The van der Waals surface area contributed by atoms with Crippen LogP contribution in [-0.4, -0.2) is 4.98 Å². The first-order chi connectivity index (χ1) is 15.4. The molecule has 0 spiro atoms. The molecule has 1 nitrogen and oxygen atoms in total. The molecular weight excluding hydrogens is 398 g/mol. The molecule has 1 heteroatoms. The molecule has 3 aromatic carbocycles. The monoisotopic (exact) mass is 437 g/mol. The summed E-state index contributed by atoms with van der Waals surface area (Å²) in [6, 6.07) is 22.9. The van der Waals surface area contributed by atoms with Crippen LogP contribution in [0.4, 0.5) is 0 Å². The first-order valence-corrected chi connectivity index (χ1v) is 12.4. The summed E-state index contributed by atoms with van der Waals surface area (Å²) in [4.78, 5) is 5.18. The molecule has 0 aliphatic rings. The topological polar surface area (TPSA) is 12.9 Å². The van der Waals surface area contributed by atoms with E-state index in [4.69, 9.17) is 4.98 Å². The third kappa shape index (κ3) is 4.98. The summed E-state index contributed by atoms with van der Waals surface area (Å²) in [5.74, 6) is 0.680. The van der Waals surface area contributed by atoms with E-state index in [-0.39, 0.29) is 10.8 Å². The van der Waals surface area contributed by atoms with Gasteiger partial charge in [-0.05, 0) is 86.5 Å². The third-order valence-electron chi connectivity index (χ3n) is 6.73. The second kappa shape index (κ2) is 8.60. The molecule has 0 unspecified atom stereocenters. The Hall–Kier alpha value is -2.67. The van der Waals surface area contributed by atoms with E-state index in [1.807, 2.05) is 0 Å². The molecule has 4 aromatic rings. The van der Waals surface area contributed by atoms with E-state index in [1.54, 1.807) is 0 Å². The van der Waals surface area contributed by atoms with Crippen molar-refractivity contribution in [2.45, 2.75) is 79.1 Å². The van der Waals surface area contributed by atoms with Gasteiger partial charge in [0.1, 0.15) is 0 Å². The Morgan fingerprint density at radius 1 is 0.697 bits per heavy atom. The van der Waals surface area contributed by atoms with Gasteiger partial charge in [0.15, 0.2) is 0 Å². The van der Waals surface area contributed by atoms with Crippen molar-refractivity contribution in [3.8, 4) is 11.3 Å². The lowest BCUT2D eigenvalue weighted by atomic mass is 9.82. The zero-order valence-electron chi connectivity index (χ0n) is 21.7. The van der Waals surface area contributed by atoms with Crippen molar-refractivity contribution in [2.24, 2.45) is 5.92 Å². The first-order valence-electron chi connectivity index (χ1n) is 12.4. The summed E-state index contributed by atoms with van der Waals surface area (Å²) in [6.45, 7) is 18.3. The van der Waals surface area contributed by atoms with Gasteiger partial charge < -0.3 is 0 Å². The Morgan fingerprint density at radius 3 is 2.03 bits per heavy atom. The predicted octanol–water partition coefficient (Wildman–Crippen LogP) is 9.24. The Labute approximate surface area is 200 Å². The van der Waals surface area contributed by atoms with Crippen LogP contribution in [0.5, 0.6) is 0 Å². The number of hydrogen-bond donors (Lipinski definition) is 0. The molecule has 0 saturated carbocycles. The Kier molecular flexibility index (Phi) is 6.12. The van der Waals surface area contributed by atoms with E-state index < -0.39 is 0 Å². The Bertz CT molecular complexity index is 1300. The van der Waals surface area contributed by atoms with Crippen LogP contribution in [0.15, 0.2) is 60.7 Å². The fourth-order valence-corrected chi connectivity index (χ4v) is 4.52. The van der Waals surface area contributed by atoms with E-state index in [1.165, 1.54) is 43.9 Å². The lowest BCUT2D eigenvalue weighted by Gasteiger charge is -2.22. The van der Waals surface area contributed by atoms with E-state index in [9.17, 15) is 0 Å². The van der Waals surface area contributed by atoms with Crippen molar-refractivity contribution in [1.82, 2.24) is 4.98 Å². The molecule has 33 heavy (non-hydrogen) atoms. The third-order valence-corrected chi connectivity index (χ3v) is 6.73. The molecular formula is C32H39N. The maximum absolute atomic E-state index is 5.18. The average Bonchev–Trinajstić information content (AvgIpc) is 2.74. The molecule has 0 radical (unpaired) electrons. The van der Waals surface area contributed by atoms with Crippen LogP contribution < -0.4 is 0 Å². The van der Waals surface area contributed by atoms with Crippen molar-refractivity contribution < 1.29 is 0 Å². The van der Waals surface area contributed by atoms with Crippen LogP contribution in [0.25, 0.3) is 32.8 Å². The van der Waals surface area contributed by atoms with Crippen LogP contribution in [-0.2, 0) is 17.3 Å². The van der Waals surface area contributed by atoms with E-state index in [0.29, 0.717) is 5.92 Å². The maximum atomic E-state index is 5.18. The van der Waals surface area contributed by atoms with Crippen molar-refractivity contribution in [1.29, 1.82) is 0 Å². The standard InChI is InChI=1S/C32H39N/c1-21(2)12-16-26-10-9-11-29(33-26)30-27-17-15-24(31(3,4)5)19-23(27)18-22-13-14-25(20-28(22)30)32(6,7)8/h9-11,13-15,17-21H,12,16H2,1-8H3. The van der Waals surface area contributed by atoms with Gasteiger partial charge in [0, 0.05) is 11.3 Å². The normalized spacial score (nSPS) is 12.8. The number of pyridine rings is 1. The predicted molar refractivity (Wildman–Crippen MR) is 145 cm³/mol. The van der Waals surface area contributed by atoms with Gasteiger partial charge >= 0.3 is 0 Å². The SMILES string of the molecule is CC(C)CCc1cccc(-c2c3ccc(C(C)(C)C)cc3cc3ccc(C(C)(C)C)cc23)n1. The minimum absolute atomic E-state index is 0.100. The number of rotatable bonds is 4. The van der Waals surface area contributed by atoms with Gasteiger partial charge in [0.2, 0.25) is 0 Å². The summed E-state index contributed by atoms with van der Waals surface area (Å²) in [6.07, 6.45) is 2.19. The molecule has 4 rings (SSSR count). The largest absolute Gasteiger partial charge is 0.253 e. The van der Waals surface area contributed by atoms with Gasteiger partial charge in [0.05, 0.1) is 5.69 Å². The van der Waals surface area contributed by atoms with Crippen LogP contribution >= 0.6 is 0 Å². The lowest BCUT2D eigenvalue weighted by Crippen LogP contribution is -2.11. The second-order valence-electron chi connectivity index (χ2n) is 12.1. The molecule has 0 aliphatic carbocycles. The average molecular weight is 438 g/mol. The number of fused-ring (bicyclic) bond motifs is 2. The highest BCUT2D eigenvalue weighted by Gasteiger charge is 2.19. The molecule has 172 valence electrons. The summed E-state index contributed by atoms with van der Waals surface area (Å²) >= 11 is 0. The number of hydrogen-bond acceptors (Lipinski definition) is 1. The van der Waals surface area contributed by atoms with Crippen molar-refractivity contribution >= 4 is 21.5 Å². The molecule has 1 aromatic heterocycles. The van der Waals surface area contributed by atoms with Gasteiger partial charge in [-0.15, -0.1) is 0 Å². The highest BCUT2D eigenvalue weighted by Crippen LogP contribution is 2.39. The molecule has 0 saturated heterocycles. The minimum Gasteiger partial charge on any atom is -0.253 e. The summed E-state index contributed by atoms with van der Waals surface area (Å²) in [5, 5.41) is 5.16. The van der Waals surface area contributed by atoms with Crippen LogP contribution in [0, 0.1) is 5.92 Å². The number of aryl methyl sites for hydroxylation is 1. The van der Waals surface area contributed by atoms with Crippen molar-refractivity contribution in [2.75, 3.05) is 0 Å². The van der Waals surface area contributed by atoms with Crippen LogP contribution in [0.2, 0.25) is 0 Å². The lowest BCUT2D eigenvalue weighted by molar-refractivity contribution is 0.581. The quantitative estimate of drug-likeness (QED) is 0.290. The Morgan fingerprint density at radius 2 is 1.36 bits per heavy atom. The van der Waals surface area contributed by atoms with E-state index >= 15 is 0 Å². The highest BCUT2D eigenvalue weighted by atomic mass is 14.7. The Balaban J connectivity index is 2.02. The zero-order chi connectivity index (χ0) is 24.0. The smallest absolute Gasteiger partial charge is 0.0717 e. The maximum Gasteiger partial charge on any atom is 0.0717 e. The molecule has 0 aliphatic heterocycles. The number of nitrogens with zero attached hydrogens (tertiary/aromatic N) is 1. The van der Waals surface area contributed by atoms with Gasteiger partial charge in [-0.2, -0.15) is 0 Å². The van der Waals surface area contributed by atoms with Gasteiger partial charge in [-0.25, -0.2) is 0 Å². The molecule has 0 amide bonds. The highest BCUT2D eigenvalue weighted by molar-refractivity contribution is 6.12. The fourth-order valence-electron chi connectivity index (χ4n) is 4.52. The first kappa shape index (κ1) is 23.5. The van der Waals surface area contributed by atoms with E-state index in [0.717, 1.165) is 18.5 Å². The molecule has 0 bridgehead atoms. The van der Waals surface area contributed by atoms with Gasteiger partial charge in [0.25, 0.3) is 0 Å². The van der Waals surface area contributed by atoms with Gasteiger partial charge in [-0.3, -0.25) is 4.98 Å². The molecule has 0 fully saturated rings. The molecule has 1 heterocycles. The van der Waals surface area contributed by atoms with Gasteiger partial charge in [-0.1, -0.05) is 91.8 Å². The van der Waals surface area contributed by atoms with Crippen molar-refractivity contribution in [3.63, 3.8) is 0 Å². The van der Waals surface area contributed by atoms with Crippen LogP contribution in [0.1, 0.15) is 78.6 Å². The second-order valence-corrected chi connectivity index (χ2v) is 12.1. The summed E-state index contributed by atoms with van der Waals surface area (Å²) in [7, 11) is 0. The van der Waals surface area contributed by atoms with Crippen LogP contribution in [0.3, 0.4) is 0 Å². The van der Waals surface area contributed by atoms with Crippen molar-refractivity contribution in [3.05, 3.63) is 77.5 Å². The number of benzene rings is 3. The number of aromatic nitrogens is 1. The minimum atomic E-state index is 0.100. The van der Waals surface area contributed by atoms with E-state index in [2.05, 4.69) is 116 Å². The fraction of sp³-hybridized carbons (Fsp3) is 0.406. The summed E-state index contributed by atoms with van der Waals surface area (Å²) in [5.41, 5.74) is 6.48. The summed E-state index contributed by atoms with van der Waals surface area (Å²) < 4.78 is 0. The molecule has 0 atom stereocenters. The molecule has 0 N–H and O–H groups in total.